The zero-order valence-corrected chi connectivity index (χ0v) is 15.7. The van der Waals surface area contributed by atoms with E-state index in [1.165, 1.54) is 17.7 Å². The first kappa shape index (κ1) is 15.3. The van der Waals surface area contributed by atoms with Crippen LogP contribution >= 0.6 is 0 Å². The number of rotatable bonds is 1. The third kappa shape index (κ3) is 1.47. The van der Waals surface area contributed by atoms with Crippen LogP contribution in [0.15, 0.2) is 35.9 Å². The monoisotopic (exact) mass is 350 g/mol. The Balaban J connectivity index is 1.61. The zero-order chi connectivity index (χ0) is 17.8. The average Bonchev–Trinajstić information content (AvgIpc) is 3.04. The maximum Gasteiger partial charge on any atom is 0.302 e. The third-order valence-corrected chi connectivity index (χ3v) is 8.26. The zero-order valence-electron chi connectivity index (χ0n) is 15.7. The maximum atomic E-state index is 12.1. The fraction of sp³-hybridized carbons (Fsp3) is 0.591. The Morgan fingerprint density at radius 3 is 2.88 bits per heavy atom. The van der Waals surface area contributed by atoms with Crippen LogP contribution in [-0.4, -0.2) is 48.7 Å². The standard InChI is InChI=1S/C22H26N2O2/c1-4-13-11-24-17-9-14(13)19-18(24)10-22(21(19)26-12(2)25)15-7-5-6-8-16(15)23(3)20(17)22/h4-8,14,17-21H,9-11H2,1-3H3/b13-4+. The van der Waals surface area contributed by atoms with Gasteiger partial charge in [0.25, 0.3) is 0 Å². The predicted octanol–water partition coefficient (Wildman–Crippen LogP) is 2.73. The number of hydrogen-bond acceptors (Lipinski definition) is 4. The van der Waals surface area contributed by atoms with E-state index in [0.29, 0.717) is 30.0 Å². The van der Waals surface area contributed by atoms with E-state index >= 15 is 0 Å². The summed E-state index contributed by atoms with van der Waals surface area (Å²) in [5.41, 5.74) is 4.28. The number of para-hydroxylation sites is 1. The van der Waals surface area contributed by atoms with Gasteiger partial charge >= 0.3 is 5.97 Å². The van der Waals surface area contributed by atoms with Gasteiger partial charge in [-0.15, -0.1) is 0 Å². The van der Waals surface area contributed by atoms with E-state index in [1.54, 1.807) is 12.5 Å². The second kappa shape index (κ2) is 4.72. The van der Waals surface area contributed by atoms with E-state index in [-0.39, 0.29) is 17.5 Å². The highest BCUT2D eigenvalue weighted by Crippen LogP contribution is 2.68. The first-order chi connectivity index (χ1) is 12.6. The summed E-state index contributed by atoms with van der Waals surface area (Å²) >= 11 is 0. The molecule has 136 valence electrons. The molecule has 6 aliphatic rings. The molecule has 8 atom stereocenters. The molecule has 7 rings (SSSR count). The molecule has 5 bridgehead atoms. The molecule has 5 fully saturated rings. The molecule has 1 aliphatic carbocycles. The van der Waals surface area contributed by atoms with E-state index in [4.69, 9.17) is 4.74 Å². The van der Waals surface area contributed by atoms with Gasteiger partial charge in [0.2, 0.25) is 0 Å². The van der Waals surface area contributed by atoms with Gasteiger partial charge in [-0.3, -0.25) is 9.69 Å². The van der Waals surface area contributed by atoms with E-state index in [0.717, 1.165) is 13.0 Å². The molecule has 0 N–H and O–H groups in total. The van der Waals surface area contributed by atoms with Crippen LogP contribution < -0.4 is 4.90 Å². The minimum Gasteiger partial charge on any atom is -0.461 e. The van der Waals surface area contributed by atoms with Crippen molar-refractivity contribution < 1.29 is 9.53 Å². The summed E-state index contributed by atoms with van der Waals surface area (Å²) in [5.74, 6) is 0.897. The van der Waals surface area contributed by atoms with E-state index in [9.17, 15) is 4.79 Å². The number of ether oxygens (including phenoxy) is 1. The second-order valence-electron chi connectivity index (χ2n) is 8.94. The molecule has 5 aliphatic heterocycles. The lowest BCUT2D eigenvalue weighted by molar-refractivity contribution is -0.152. The van der Waals surface area contributed by atoms with Gasteiger partial charge in [0, 0.05) is 44.2 Å². The Kier molecular flexibility index (Phi) is 2.77. The summed E-state index contributed by atoms with van der Waals surface area (Å²) < 4.78 is 6.19. The fourth-order valence-electron chi connectivity index (χ4n) is 7.68. The SMILES string of the molecule is C/C=C1\CN2C3CC45c6ccccc6N(C)C4C2CC1C3C5OC(C)=O. The number of nitrogens with zero attached hydrogens (tertiary/aromatic N) is 2. The van der Waals surface area contributed by atoms with Crippen molar-refractivity contribution in [3.05, 3.63) is 41.5 Å². The highest BCUT2D eigenvalue weighted by atomic mass is 16.5. The lowest BCUT2D eigenvalue weighted by Gasteiger charge is -2.58. The summed E-state index contributed by atoms with van der Waals surface area (Å²) in [6, 6.07) is 10.4. The van der Waals surface area contributed by atoms with Crippen molar-refractivity contribution in [2.45, 2.75) is 56.3 Å². The molecule has 4 heteroatoms. The van der Waals surface area contributed by atoms with Crippen LogP contribution in [0.1, 0.15) is 32.3 Å². The minimum atomic E-state index is -0.126. The normalized spacial score (nSPS) is 48.0. The first-order valence-electron chi connectivity index (χ1n) is 9.98. The molecule has 0 amide bonds. The number of anilines is 1. The summed E-state index contributed by atoms with van der Waals surface area (Å²) in [6.07, 6.45) is 4.66. The average molecular weight is 350 g/mol. The molecule has 0 aromatic heterocycles. The number of carbonyl (C=O) groups is 1. The Morgan fingerprint density at radius 2 is 2.12 bits per heavy atom. The first-order valence-corrected chi connectivity index (χ1v) is 9.98. The lowest BCUT2D eigenvalue weighted by atomic mass is 9.65. The molecular weight excluding hydrogens is 324 g/mol. The molecule has 26 heavy (non-hydrogen) atoms. The highest BCUT2D eigenvalue weighted by molar-refractivity contribution is 5.70. The molecule has 4 saturated heterocycles. The Labute approximate surface area is 154 Å². The molecule has 1 aromatic rings. The smallest absolute Gasteiger partial charge is 0.302 e. The van der Waals surface area contributed by atoms with Gasteiger partial charge < -0.3 is 9.64 Å². The van der Waals surface area contributed by atoms with Crippen LogP contribution in [-0.2, 0) is 14.9 Å². The Bertz CT molecular complexity index is 848. The second-order valence-corrected chi connectivity index (χ2v) is 8.94. The quantitative estimate of drug-likeness (QED) is 0.576. The largest absolute Gasteiger partial charge is 0.461 e. The number of likely N-dealkylation sites (N-methyl/N-ethyl adjacent to an activating group) is 1. The lowest BCUT2D eigenvalue weighted by Crippen LogP contribution is -2.68. The van der Waals surface area contributed by atoms with Crippen LogP contribution in [0.2, 0.25) is 0 Å². The van der Waals surface area contributed by atoms with E-state index in [2.05, 4.69) is 54.1 Å². The molecule has 1 aromatic carbocycles. The van der Waals surface area contributed by atoms with Crippen molar-refractivity contribution >= 4 is 11.7 Å². The highest BCUT2D eigenvalue weighted by Gasteiger charge is 2.75. The summed E-state index contributed by atoms with van der Waals surface area (Å²) in [7, 11) is 2.25. The topological polar surface area (TPSA) is 32.8 Å². The van der Waals surface area contributed by atoms with Crippen molar-refractivity contribution in [3.8, 4) is 0 Å². The van der Waals surface area contributed by atoms with Crippen LogP contribution in [0, 0.1) is 11.8 Å². The van der Waals surface area contributed by atoms with Gasteiger partial charge in [-0.1, -0.05) is 29.8 Å². The minimum absolute atomic E-state index is 0.00338. The molecule has 1 saturated carbocycles. The number of esters is 1. The van der Waals surface area contributed by atoms with Crippen LogP contribution in [0.25, 0.3) is 0 Å². The molecule has 5 heterocycles. The van der Waals surface area contributed by atoms with Gasteiger partial charge in [0.1, 0.15) is 6.10 Å². The van der Waals surface area contributed by atoms with Gasteiger partial charge in [-0.2, -0.15) is 0 Å². The van der Waals surface area contributed by atoms with Crippen molar-refractivity contribution in [1.29, 1.82) is 0 Å². The molecule has 8 unspecified atom stereocenters. The fourth-order valence-corrected chi connectivity index (χ4v) is 7.68. The number of benzene rings is 1. The van der Waals surface area contributed by atoms with Gasteiger partial charge in [-0.25, -0.2) is 0 Å². The predicted molar refractivity (Wildman–Crippen MR) is 100 cm³/mol. The van der Waals surface area contributed by atoms with Crippen molar-refractivity contribution in [1.82, 2.24) is 4.90 Å². The van der Waals surface area contributed by atoms with Crippen LogP contribution in [0.4, 0.5) is 5.69 Å². The number of piperidine rings is 4. The van der Waals surface area contributed by atoms with Crippen molar-refractivity contribution in [2.24, 2.45) is 11.8 Å². The molecule has 4 nitrogen and oxygen atoms in total. The van der Waals surface area contributed by atoms with Gasteiger partial charge in [-0.05, 0) is 37.3 Å². The summed E-state index contributed by atoms with van der Waals surface area (Å²) in [5, 5.41) is 0. The number of allylic oxidation sites excluding steroid dienone is 1. The van der Waals surface area contributed by atoms with Gasteiger partial charge in [0.05, 0.1) is 11.5 Å². The summed E-state index contributed by atoms with van der Waals surface area (Å²) in [4.78, 5) is 17.4. The maximum absolute atomic E-state index is 12.1. The Morgan fingerprint density at radius 1 is 1.31 bits per heavy atom. The van der Waals surface area contributed by atoms with Crippen LogP contribution in [0.3, 0.4) is 0 Å². The van der Waals surface area contributed by atoms with Crippen molar-refractivity contribution in [2.75, 3.05) is 18.5 Å². The van der Waals surface area contributed by atoms with Crippen molar-refractivity contribution in [3.63, 3.8) is 0 Å². The molecule has 1 spiro atoms. The number of hydrogen-bond donors (Lipinski definition) is 0. The summed E-state index contributed by atoms with van der Waals surface area (Å²) in [6.45, 7) is 4.86. The molecular formula is C22H26N2O2. The Hall–Kier alpha value is -1.81. The van der Waals surface area contributed by atoms with E-state index in [1.807, 2.05) is 0 Å². The van der Waals surface area contributed by atoms with Crippen LogP contribution in [0.5, 0.6) is 0 Å². The van der Waals surface area contributed by atoms with E-state index < -0.39 is 0 Å². The number of carbonyl (C=O) groups excluding carboxylic acids is 1. The third-order valence-electron chi connectivity index (χ3n) is 8.26. The van der Waals surface area contributed by atoms with Gasteiger partial charge in [0.15, 0.2) is 0 Å². The number of fused-ring (bicyclic) bond motifs is 2. The molecule has 0 radical (unpaired) electrons.